The summed E-state index contributed by atoms with van der Waals surface area (Å²) in [4.78, 5) is 14.8. The van der Waals surface area contributed by atoms with Gasteiger partial charge < -0.3 is 10.4 Å². The minimum atomic E-state index is -3.17. The number of hydrogen-bond acceptors (Lipinski definition) is 5. The van der Waals surface area contributed by atoms with E-state index in [2.05, 4.69) is 10.3 Å². The van der Waals surface area contributed by atoms with Gasteiger partial charge in [0.25, 0.3) is 0 Å². The number of carboxylic acids is 1. The minimum absolute atomic E-state index is 0.0603. The summed E-state index contributed by atoms with van der Waals surface area (Å²) in [6.45, 7) is 0.266. The number of sulfone groups is 1. The number of nitrogens with zero attached hydrogens (tertiary/aromatic N) is 1. The third-order valence-corrected chi connectivity index (χ3v) is 5.99. The van der Waals surface area contributed by atoms with Crippen molar-refractivity contribution in [2.45, 2.75) is 30.4 Å². The quantitative estimate of drug-likeness (QED) is 0.856. The minimum Gasteiger partial charge on any atom is -0.477 e. The maximum Gasteiger partial charge on any atom is 0.354 e. The topological polar surface area (TPSA) is 96.4 Å². The standard InChI is InChI=1S/C13H18N2O4S/c1-20(18,19)13(7-2-3-8-13)9-14-11-6-4-5-10(15-11)12(16)17/h4-6H,2-3,7-9H2,1H3,(H,14,15)(H,16,17). The lowest BCUT2D eigenvalue weighted by Gasteiger charge is -2.27. The molecule has 1 aromatic heterocycles. The lowest BCUT2D eigenvalue weighted by atomic mass is 10.1. The van der Waals surface area contributed by atoms with Gasteiger partial charge in [0, 0.05) is 12.8 Å². The van der Waals surface area contributed by atoms with E-state index >= 15 is 0 Å². The highest BCUT2D eigenvalue weighted by atomic mass is 32.2. The fraction of sp³-hybridized carbons (Fsp3) is 0.538. The van der Waals surface area contributed by atoms with E-state index in [4.69, 9.17) is 5.11 Å². The zero-order valence-corrected chi connectivity index (χ0v) is 12.1. The van der Waals surface area contributed by atoms with E-state index in [1.54, 1.807) is 12.1 Å². The first kappa shape index (κ1) is 14.8. The number of aromatic nitrogens is 1. The highest BCUT2D eigenvalue weighted by Gasteiger charge is 2.43. The lowest BCUT2D eigenvalue weighted by molar-refractivity contribution is 0.0690. The highest BCUT2D eigenvalue weighted by molar-refractivity contribution is 7.92. The molecule has 0 spiro atoms. The number of pyridine rings is 1. The van der Waals surface area contributed by atoms with Crippen molar-refractivity contribution in [2.24, 2.45) is 0 Å². The van der Waals surface area contributed by atoms with Crippen LogP contribution in [0.3, 0.4) is 0 Å². The molecule has 0 radical (unpaired) electrons. The maximum atomic E-state index is 12.0. The van der Waals surface area contributed by atoms with E-state index in [0.29, 0.717) is 18.7 Å². The Hall–Kier alpha value is -1.63. The predicted octanol–water partition coefficient (Wildman–Crippen LogP) is 1.55. The second-order valence-corrected chi connectivity index (χ2v) is 7.64. The first-order valence-corrected chi connectivity index (χ1v) is 8.37. The Labute approximate surface area is 118 Å². The van der Waals surface area contributed by atoms with Gasteiger partial charge in [-0.05, 0) is 25.0 Å². The summed E-state index contributed by atoms with van der Waals surface area (Å²) in [7, 11) is -3.17. The second kappa shape index (κ2) is 5.40. The van der Waals surface area contributed by atoms with Gasteiger partial charge in [0.1, 0.15) is 5.82 Å². The van der Waals surface area contributed by atoms with Crippen LogP contribution in [0.2, 0.25) is 0 Å². The molecule has 20 heavy (non-hydrogen) atoms. The van der Waals surface area contributed by atoms with Crippen molar-refractivity contribution < 1.29 is 18.3 Å². The number of rotatable bonds is 5. The molecule has 1 aromatic rings. The molecule has 6 nitrogen and oxygen atoms in total. The van der Waals surface area contributed by atoms with Crippen LogP contribution in [0, 0.1) is 0 Å². The fourth-order valence-electron chi connectivity index (χ4n) is 2.60. The summed E-state index contributed by atoms with van der Waals surface area (Å²) >= 11 is 0. The van der Waals surface area contributed by atoms with Crippen molar-refractivity contribution in [1.82, 2.24) is 4.98 Å². The van der Waals surface area contributed by atoms with Crippen molar-refractivity contribution in [3.8, 4) is 0 Å². The highest BCUT2D eigenvalue weighted by Crippen LogP contribution is 2.36. The first-order chi connectivity index (χ1) is 9.34. The summed E-state index contributed by atoms with van der Waals surface area (Å²) in [5, 5.41) is 11.9. The molecule has 0 amide bonds. The number of carbonyl (C=O) groups is 1. The summed E-state index contributed by atoms with van der Waals surface area (Å²) in [5.74, 6) is -0.716. The molecule has 1 saturated carbocycles. The SMILES string of the molecule is CS(=O)(=O)C1(CNc2cccc(C(=O)O)n2)CCCC1. The summed E-state index contributed by atoms with van der Waals surface area (Å²) < 4.78 is 23.2. The van der Waals surface area contributed by atoms with E-state index in [1.807, 2.05) is 0 Å². The van der Waals surface area contributed by atoms with Crippen molar-refractivity contribution in [2.75, 3.05) is 18.1 Å². The molecule has 1 heterocycles. The molecule has 2 rings (SSSR count). The Morgan fingerprint density at radius 2 is 2.05 bits per heavy atom. The Morgan fingerprint density at radius 1 is 1.40 bits per heavy atom. The molecule has 0 saturated heterocycles. The van der Waals surface area contributed by atoms with E-state index in [9.17, 15) is 13.2 Å². The van der Waals surface area contributed by atoms with Gasteiger partial charge in [-0.25, -0.2) is 18.2 Å². The number of aromatic carboxylic acids is 1. The van der Waals surface area contributed by atoms with Crippen LogP contribution in [0.5, 0.6) is 0 Å². The molecule has 1 aliphatic carbocycles. The molecule has 1 fully saturated rings. The Kier molecular flexibility index (Phi) is 3.99. The smallest absolute Gasteiger partial charge is 0.354 e. The average Bonchev–Trinajstić information content (AvgIpc) is 2.86. The third kappa shape index (κ3) is 2.92. The van der Waals surface area contributed by atoms with Crippen molar-refractivity contribution in [1.29, 1.82) is 0 Å². The van der Waals surface area contributed by atoms with Crippen LogP contribution in [0.4, 0.5) is 5.82 Å². The van der Waals surface area contributed by atoms with Gasteiger partial charge in [0.15, 0.2) is 15.5 Å². The van der Waals surface area contributed by atoms with Crippen LogP contribution >= 0.6 is 0 Å². The van der Waals surface area contributed by atoms with E-state index in [0.717, 1.165) is 12.8 Å². The molecule has 0 bridgehead atoms. The molecular formula is C13H18N2O4S. The van der Waals surface area contributed by atoms with Crippen LogP contribution in [-0.4, -0.2) is 42.0 Å². The second-order valence-electron chi connectivity index (χ2n) is 5.23. The van der Waals surface area contributed by atoms with Gasteiger partial charge >= 0.3 is 5.97 Å². The zero-order chi connectivity index (χ0) is 14.8. The number of carboxylic acid groups (broad SMARTS) is 1. The van der Waals surface area contributed by atoms with Gasteiger partial charge in [-0.1, -0.05) is 18.9 Å². The summed E-state index contributed by atoms with van der Waals surface area (Å²) in [6, 6.07) is 4.62. The van der Waals surface area contributed by atoms with Crippen LogP contribution in [-0.2, 0) is 9.84 Å². The van der Waals surface area contributed by atoms with Gasteiger partial charge in [-0.15, -0.1) is 0 Å². The normalized spacial score (nSPS) is 17.9. The Bertz CT molecular complexity index is 607. The predicted molar refractivity (Wildman–Crippen MR) is 75.7 cm³/mol. The zero-order valence-electron chi connectivity index (χ0n) is 11.3. The number of anilines is 1. The molecule has 0 unspecified atom stereocenters. The van der Waals surface area contributed by atoms with Crippen molar-refractivity contribution in [3.63, 3.8) is 0 Å². The molecule has 2 N–H and O–H groups in total. The van der Waals surface area contributed by atoms with E-state index in [1.165, 1.54) is 12.3 Å². The van der Waals surface area contributed by atoms with Crippen LogP contribution in [0.15, 0.2) is 18.2 Å². The van der Waals surface area contributed by atoms with Gasteiger partial charge in [0.05, 0.1) is 4.75 Å². The van der Waals surface area contributed by atoms with Gasteiger partial charge in [-0.2, -0.15) is 0 Å². The first-order valence-electron chi connectivity index (χ1n) is 6.48. The molecule has 1 aliphatic rings. The lowest BCUT2D eigenvalue weighted by Crippen LogP contribution is -2.42. The average molecular weight is 298 g/mol. The molecular weight excluding hydrogens is 280 g/mol. The van der Waals surface area contributed by atoms with Gasteiger partial charge in [0.2, 0.25) is 0 Å². The largest absolute Gasteiger partial charge is 0.477 e. The number of nitrogens with one attached hydrogen (secondary N) is 1. The van der Waals surface area contributed by atoms with Crippen LogP contribution < -0.4 is 5.32 Å². The maximum absolute atomic E-state index is 12.0. The summed E-state index contributed by atoms with van der Waals surface area (Å²) in [5.41, 5.74) is -0.0603. The van der Waals surface area contributed by atoms with Crippen LogP contribution in [0.25, 0.3) is 0 Å². The Morgan fingerprint density at radius 3 is 2.60 bits per heavy atom. The number of hydrogen-bond donors (Lipinski definition) is 2. The molecule has 0 aliphatic heterocycles. The third-order valence-electron chi connectivity index (χ3n) is 3.86. The molecule has 0 aromatic carbocycles. The monoisotopic (exact) mass is 298 g/mol. The van der Waals surface area contributed by atoms with Crippen LogP contribution in [0.1, 0.15) is 36.2 Å². The molecule has 110 valence electrons. The van der Waals surface area contributed by atoms with Crippen molar-refractivity contribution >= 4 is 21.6 Å². The van der Waals surface area contributed by atoms with E-state index < -0.39 is 20.6 Å². The molecule has 7 heteroatoms. The van der Waals surface area contributed by atoms with Crippen molar-refractivity contribution in [3.05, 3.63) is 23.9 Å². The summed E-state index contributed by atoms with van der Waals surface area (Å²) in [6.07, 6.45) is 4.34. The van der Waals surface area contributed by atoms with Gasteiger partial charge in [-0.3, -0.25) is 0 Å². The molecule has 0 atom stereocenters. The fourth-order valence-corrected chi connectivity index (χ4v) is 3.97. The van der Waals surface area contributed by atoms with E-state index in [-0.39, 0.29) is 12.2 Å². The Balaban J connectivity index is 2.15.